The molecule has 0 N–H and O–H groups in total. The minimum Gasteiger partial charge on any atom is -0.494 e. The number of fused-ring (bicyclic) bond motifs is 1. The number of hydrogen-bond acceptors (Lipinski definition) is 6. The normalized spacial score (nSPS) is 14.2. The minimum absolute atomic E-state index is 0.0532. The Morgan fingerprint density at radius 2 is 1.87 bits per heavy atom. The molecule has 1 aliphatic heterocycles. The van der Waals surface area contributed by atoms with Gasteiger partial charge in [-0.25, -0.2) is 4.98 Å². The summed E-state index contributed by atoms with van der Waals surface area (Å²) in [4.78, 5) is 21.8. The van der Waals surface area contributed by atoms with E-state index < -0.39 is 0 Å². The second-order valence-electron chi connectivity index (χ2n) is 7.43. The molecule has 6 nitrogen and oxygen atoms in total. The van der Waals surface area contributed by atoms with Crippen molar-refractivity contribution >= 4 is 44.2 Å². The third kappa shape index (κ3) is 4.72. The van der Waals surface area contributed by atoms with Gasteiger partial charge in [-0.2, -0.15) is 0 Å². The van der Waals surface area contributed by atoms with Gasteiger partial charge in [-0.05, 0) is 42.8 Å². The first-order valence-electron chi connectivity index (χ1n) is 10.5. The number of amides is 1. The molecular formula is C23H26ClN3O3S. The maximum Gasteiger partial charge on any atom is 0.253 e. The number of nitrogens with zero attached hydrogens (tertiary/aromatic N) is 3. The lowest BCUT2D eigenvalue weighted by Crippen LogP contribution is -2.48. The Balaban J connectivity index is 1.38. The van der Waals surface area contributed by atoms with Gasteiger partial charge in [0.1, 0.15) is 11.3 Å². The summed E-state index contributed by atoms with van der Waals surface area (Å²) in [6, 6.07) is 11.2. The van der Waals surface area contributed by atoms with E-state index in [9.17, 15) is 4.79 Å². The molecule has 164 valence electrons. The van der Waals surface area contributed by atoms with E-state index in [4.69, 9.17) is 26.1 Å². The molecule has 2 aromatic carbocycles. The average molecular weight is 460 g/mol. The fourth-order valence-electron chi connectivity index (χ4n) is 3.57. The van der Waals surface area contributed by atoms with E-state index in [2.05, 4.69) is 11.8 Å². The Hall–Kier alpha value is -2.51. The molecular weight excluding hydrogens is 434 g/mol. The standard InChI is InChI=1S/C23H26ClN3O3S/c1-3-4-15-30-17-7-5-16(6-8-17)22(28)26-11-13-27(14-12-26)23-25-20-19(31-23)10-9-18(24)21(20)29-2/h5-10H,3-4,11-15H2,1-2H3. The molecule has 1 aliphatic rings. The zero-order valence-corrected chi connectivity index (χ0v) is 19.3. The molecule has 1 amide bonds. The topological polar surface area (TPSA) is 54.9 Å². The number of aromatic nitrogens is 1. The molecule has 0 bridgehead atoms. The first kappa shape index (κ1) is 21.7. The van der Waals surface area contributed by atoms with Gasteiger partial charge in [-0.15, -0.1) is 0 Å². The summed E-state index contributed by atoms with van der Waals surface area (Å²) in [5.41, 5.74) is 1.48. The SMILES string of the molecule is CCCCOc1ccc(C(=O)N2CCN(c3nc4c(OC)c(Cl)ccc4s3)CC2)cc1. The van der Waals surface area contributed by atoms with Crippen LogP contribution in [0.3, 0.4) is 0 Å². The van der Waals surface area contributed by atoms with E-state index in [1.54, 1.807) is 18.4 Å². The maximum absolute atomic E-state index is 12.9. The lowest BCUT2D eigenvalue weighted by atomic mass is 10.1. The van der Waals surface area contributed by atoms with Gasteiger partial charge in [-0.1, -0.05) is 36.3 Å². The number of ether oxygens (including phenoxy) is 2. The van der Waals surface area contributed by atoms with Crippen LogP contribution in [-0.4, -0.2) is 55.7 Å². The molecule has 31 heavy (non-hydrogen) atoms. The minimum atomic E-state index is 0.0532. The van der Waals surface area contributed by atoms with E-state index in [0.29, 0.717) is 36.0 Å². The molecule has 1 aromatic heterocycles. The summed E-state index contributed by atoms with van der Waals surface area (Å²) < 4.78 is 12.1. The molecule has 0 unspecified atom stereocenters. The fourth-order valence-corrected chi connectivity index (χ4v) is 4.82. The second-order valence-corrected chi connectivity index (χ2v) is 8.85. The second kappa shape index (κ2) is 9.75. The number of anilines is 1. The van der Waals surface area contributed by atoms with Crippen LogP contribution in [0.5, 0.6) is 11.5 Å². The molecule has 0 radical (unpaired) electrons. The molecule has 1 fully saturated rings. The van der Waals surface area contributed by atoms with Gasteiger partial charge in [-0.3, -0.25) is 4.79 Å². The van der Waals surface area contributed by atoms with Crippen molar-refractivity contribution in [1.29, 1.82) is 0 Å². The van der Waals surface area contributed by atoms with Gasteiger partial charge in [0.15, 0.2) is 10.9 Å². The van der Waals surface area contributed by atoms with Crippen molar-refractivity contribution in [3.05, 3.63) is 47.0 Å². The van der Waals surface area contributed by atoms with Crippen LogP contribution in [0, 0.1) is 0 Å². The Labute approximate surface area is 191 Å². The molecule has 2 heterocycles. The van der Waals surface area contributed by atoms with Crippen LogP contribution in [0.4, 0.5) is 5.13 Å². The van der Waals surface area contributed by atoms with Gasteiger partial charge >= 0.3 is 0 Å². The number of benzene rings is 2. The van der Waals surface area contributed by atoms with Gasteiger partial charge in [0.2, 0.25) is 0 Å². The smallest absolute Gasteiger partial charge is 0.253 e. The molecule has 0 atom stereocenters. The van der Waals surface area contributed by atoms with Crippen LogP contribution in [0.25, 0.3) is 10.2 Å². The van der Waals surface area contributed by atoms with E-state index in [1.165, 1.54) is 0 Å². The van der Waals surface area contributed by atoms with Crippen molar-refractivity contribution in [2.45, 2.75) is 19.8 Å². The summed E-state index contributed by atoms with van der Waals surface area (Å²) in [6.45, 7) is 5.62. The van der Waals surface area contributed by atoms with Crippen molar-refractivity contribution in [3.63, 3.8) is 0 Å². The number of carbonyl (C=O) groups excluding carboxylic acids is 1. The third-order valence-electron chi connectivity index (χ3n) is 5.36. The number of carbonyl (C=O) groups is 1. The first-order chi connectivity index (χ1) is 15.1. The van der Waals surface area contributed by atoms with Crippen LogP contribution in [0.15, 0.2) is 36.4 Å². The molecule has 3 aromatic rings. The van der Waals surface area contributed by atoms with E-state index >= 15 is 0 Å². The van der Waals surface area contributed by atoms with E-state index in [-0.39, 0.29) is 5.91 Å². The van der Waals surface area contributed by atoms with Crippen molar-refractivity contribution in [1.82, 2.24) is 9.88 Å². The fraction of sp³-hybridized carbons (Fsp3) is 0.391. The highest BCUT2D eigenvalue weighted by atomic mass is 35.5. The van der Waals surface area contributed by atoms with Crippen molar-refractivity contribution < 1.29 is 14.3 Å². The first-order valence-corrected chi connectivity index (χ1v) is 11.7. The monoisotopic (exact) mass is 459 g/mol. The van der Waals surface area contributed by atoms with Gasteiger partial charge in [0.05, 0.1) is 23.4 Å². The summed E-state index contributed by atoms with van der Waals surface area (Å²) in [5, 5.41) is 1.49. The Kier molecular flexibility index (Phi) is 6.83. The molecule has 0 saturated carbocycles. The predicted molar refractivity (Wildman–Crippen MR) is 126 cm³/mol. The van der Waals surface area contributed by atoms with Crippen LogP contribution in [0.2, 0.25) is 5.02 Å². The van der Waals surface area contributed by atoms with Gasteiger partial charge in [0, 0.05) is 31.7 Å². The largest absolute Gasteiger partial charge is 0.494 e. The Morgan fingerprint density at radius 1 is 1.13 bits per heavy atom. The molecule has 0 spiro atoms. The van der Waals surface area contributed by atoms with Gasteiger partial charge in [0.25, 0.3) is 5.91 Å². The summed E-state index contributed by atoms with van der Waals surface area (Å²) >= 11 is 7.84. The zero-order chi connectivity index (χ0) is 21.8. The number of unbranched alkanes of at least 4 members (excludes halogenated alkanes) is 1. The van der Waals surface area contributed by atoms with E-state index in [0.717, 1.165) is 47.0 Å². The molecule has 1 saturated heterocycles. The van der Waals surface area contributed by atoms with Crippen LogP contribution in [0.1, 0.15) is 30.1 Å². The average Bonchev–Trinajstić information content (AvgIpc) is 3.24. The van der Waals surface area contributed by atoms with Crippen molar-refractivity contribution in [2.24, 2.45) is 0 Å². The number of piperazine rings is 1. The molecule has 0 aliphatic carbocycles. The van der Waals surface area contributed by atoms with Crippen LogP contribution < -0.4 is 14.4 Å². The summed E-state index contributed by atoms with van der Waals surface area (Å²) in [5.74, 6) is 1.47. The summed E-state index contributed by atoms with van der Waals surface area (Å²) in [6.07, 6.45) is 2.13. The van der Waals surface area contributed by atoms with Crippen LogP contribution >= 0.6 is 22.9 Å². The predicted octanol–water partition coefficient (Wildman–Crippen LogP) is 5.10. The Morgan fingerprint density at radius 3 is 2.55 bits per heavy atom. The van der Waals surface area contributed by atoms with Crippen LogP contribution in [-0.2, 0) is 0 Å². The number of thiazole rings is 1. The van der Waals surface area contributed by atoms with Crippen molar-refractivity contribution in [3.8, 4) is 11.5 Å². The highest BCUT2D eigenvalue weighted by molar-refractivity contribution is 7.22. The number of hydrogen-bond donors (Lipinski definition) is 0. The highest BCUT2D eigenvalue weighted by Gasteiger charge is 2.24. The third-order valence-corrected chi connectivity index (χ3v) is 6.74. The number of halogens is 1. The van der Waals surface area contributed by atoms with Gasteiger partial charge < -0.3 is 19.3 Å². The Bertz CT molecular complexity index is 1050. The maximum atomic E-state index is 12.9. The number of rotatable bonds is 7. The zero-order valence-electron chi connectivity index (χ0n) is 17.8. The summed E-state index contributed by atoms with van der Waals surface area (Å²) in [7, 11) is 1.61. The molecule has 4 rings (SSSR count). The molecule has 8 heteroatoms. The lowest BCUT2D eigenvalue weighted by molar-refractivity contribution is 0.0746. The highest BCUT2D eigenvalue weighted by Crippen LogP contribution is 2.38. The quantitative estimate of drug-likeness (QED) is 0.460. The lowest BCUT2D eigenvalue weighted by Gasteiger charge is -2.34. The van der Waals surface area contributed by atoms with Crippen molar-refractivity contribution in [2.75, 3.05) is 44.8 Å². The van der Waals surface area contributed by atoms with E-state index in [1.807, 2.05) is 41.3 Å². The number of methoxy groups -OCH3 is 1.